The van der Waals surface area contributed by atoms with Gasteiger partial charge >= 0.3 is 0 Å². The van der Waals surface area contributed by atoms with Crippen LogP contribution in [0.15, 0.2) is 29.4 Å². The van der Waals surface area contributed by atoms with E-state index in [4.69, 9.17) is 9.84 Å². The summed E-state index contributed by atoms with van der Waals surface area (Å²) in [6.45, 7) is 2.40. The molecule has 0 amide bonds. The van der Waals surface area contributed by atoms with Crippen molar-refractivity contribution in [3.63, 3.8) is 0 Å². The summed E-state index contributed by atoms with van der Waals surface area (Å²) >= 11 is 0. The molecule has 1 aromatic carbocycles. The van der Waals surface area contributed by atoms with Crippen LogP contribution in [-0.4, -0.2) is 24.3 Å². The second-order valence-corrected chi connectivity index (χ2v) is 3.74. The zero-order valence-corrected chi connectivity index (χ0v) is 9.39. The van der Waals surface area contributed by atoms with E-state index in [2.05, 4.69) is 24.2 Å². The van der Waals surface area contributed by atoms with Crippen LogP contribution in [0.1, 0.15) is 18.9 Å². The summed E-state index contributed by atoms with van der Waals surface area (Å²) < 4.78 is 5.17. The second kappa shape index (κ2) is 4.99. The van der Waals surface area contributed by atoms with Gasteiger partial charge in [0.1, 0.15) is 6.61 Å². The maximum atomic E-state index is 8.86. The van der Waals surface area contributed by atoms with Crippen LogP contribution in [0.25, 0.3) is 0 Å². The lowest BCUT2D eigenvalue weighted by atomic mass is 10.1. The number of hydrogen-bond acceptors (Lipinski definition) is 4. The van der Waals surface area contributed by atoms with Crippen molar-refractivity contribution in [3.8, 4) is 0 Å². The van der Waals surface area contributed by atoms with Crippen molar-refractivity contribution in [1.82, 2.24) is 0 Å². The summed E-state index contributed by atoms with van der Waals surface area (Å²) in [4.78, 5) is 0. The molecule has 0 radical (unpaired) electrons. The van der Waals surface area contributed by atoms with Crippen molar-refractivity contribution in [2.75, 3.05) is 18.3 Å². The summed E-state index contributed by atoms with van der Waals surface area (Å²) in [7, 11) is 0. The van der Waals surface area contributed by atoms with Crippen LogP contribution in [0.5, 0.6) is 0 Å². The Morgan fingerprint density at radius 3 is 2.69 bits per heavy atom. The molecule has 4 nitrogen and oxygen atoms in total. The lowest BCUT2D eigenvalue weighted by molar-refractivity contribution is 0.278. The average molecular weight is 220 g/mol. The molecule has 86 valence electrons. The molecule has 1 aromatic rings. The highest BCUT2D eigenvalue weighted by molar-refractivity contribution is 5.80. The summed E-state index contributed by atoms with van der Waals surface area (Å²) in [5.74, 6) is 0.373. The van der Waals surface area contributed by atoms with Gasteiger partial charge in [0.15, 0.2) is 6.73 Å². The van der Waals surface area contributed by atoms with Gasteiger partial charge in [-0.3, -0.25) is 0 Å². The number of hydrazone groups is 1. The number of aryl methyl sites for hydroxylation is 1. The minimum absolute atomic E-state index is 0.148. The first-order valence-corrected chi connectivity index (χ1v) is 5.51. The van der Waals surface area contributed by atoms with E-state index in [0.29, 0.717) is 12.6 Å². The van der Waals surface area contributed by atoms with E-state index in [1.807, 2.05) is 12.1 Å². The number of aliphatic hydroxyl groups excluding tert-OH is 1. The Bertz CT molecular complexity index is 373. The Balaban J connectivity index is 2.08. The zero-order valence-electron chi connectivity index (χ0n) is 9.39. The van der Waals surface area contributed by atoms with Crippen molar-refractivity contribution in [2.45, 2.75) is 19.8 Å². The number of ether oxygens (including phenoxy) is 1. The standard InChI is InChI=1S/C12H16N2O2/c1-2-3-10-4-6-11(7-5-10)14-9-16-12(8-15)13-14/h4-7,15H,2-3,8-9H2,1H3. The number of nitrogens with zero attached hydrogens (tertiary/aromatic N) is 2. The van der Waals surface area contributed by atoms with Gasteiger partial charge in [-0.05, 0) is 24.1 Å². The van der Waals surface area contributed by atoms with Crippen LogP contribution in [0.2, 0.25) is 0 Å². The van der Waals surface area contributed by atoms with Gasteiger partial charge in [-0.2, -0.15) is 0 Å². The van der Waals surface area contributed by atoms with Gasteiger partial charge in [-0.15, -0.1) is 5.10 Å². The maximum Gasteiger partial charge on any atom is 0.234 e. The maximum absolute atomic E-state index is 8.86. The molecule has 0 atom stereocenters. The predicted octanol–water partition coefficient (Wildman–Crippen LogP) is 1.74. The van der Waals surface area contributed by atoms with E-state index in [9.17, 15) is 0 Å². The lowest BCUT2D eigenvalue weighted by Crippen LogP contribution is -2.12. The van der Waals surface area contributed by atoms with Crippen LogP contribution >= 0.6 is 0 Å². The molecule has 2 rings (SSSR count). The number of anilines is 1. The highest BCUT2D eigenvalue weighted by Gasteiger charge is 2.15. The van der Waals surface area contributed by atoms with Crippen LogP contribution < -0.4 is 5.01 Å². The van der Waals surface area contributed by atoms with Gasteiger partial charge in [-0.1, -0.05) is 25.5 Å². The van der Waals surface area contributed by atoms with Crippen molar-refractivity contribution in [2.24, 2.45) is 5.10 Å². The first-order valence-electron chi connectivity index (χ1n) is 5.51. The first kappa shape index (κ1) is 11.0. The van der Waals surface area contributed by atoms with Crippen molar-refractivity contribution < 1.29 is 9.84 Å². The van der Waals surface area contributed by atoms with E-state index < -0.39 is 0 Å². The Labute approximate surface area is 95.1 Å². The predicted molar refractivity (Wildman–Crippen MR) is 63.4 cm³/mol. The molecule has 16 heavy (non-hydrogen) atoms. The highest BCUT2D eigenvalue weighted by Crippen LogP contribution is 2.19. The van der Waals surface area contributed by atoms with Crippen LogP contribution in [0.4, 0.5) is 5.69 Å². The molecule has 0 saturated carbocycles. The van der Waals surface area contributed by atoms with E-state index in [1.54, 1.807) is 5.01 Å². The van der Waals surface area contributed by atoms with Gasteiger partial charge in [-0.25, -0.2) is 5.01 Å². The van der Waals surface area contributed by atoms with Crippen molar-refractivity contribution in [3.05, 3.63) is 29.8 Å². The van der Waals surface area contributed by atoms with Gasteiger partial charge in [0.05, 0.1) is 5.69 Å². The molecule has 4 heteroatoms. The third-order valence-corrected chi connectivity index (χ3v) is 2.49. The molecule has 1 aliphatic rings. The van der Waals surface area contributed by atoms with Gasteiger partial charge in [0.25, 0.3) is 0 Å². The third kappa shape index (κ3) is 2.33. The summed E-state index contributed by atoms with van der Waals surface area (Å²) in [6, 6.07) is 8.26. The average Bonchev–Trinajstić information content (AvgIpc) is 2.79. The molecular weight excluding hydrogens is 204 g/mol. The Morgan fingerprint density at radius 2 is 2.12 bits per heavy atom. The first-order chi connectivity index (χ1) is 7.83. The zero-order chi connectivity index (χ0) is 11.4. The molecule has 1 aliphatic heterocycles. The molecule has 0 spiro atoms. The normalized spacial score (nSPS) is 14.9. The quantitative estimate of drug-likeness (QED) is 0.840. The van der Waals surface area contributed by atoms with Gasteiger partial charge in [0.2, 0.25) is 5.90 Å². The third-order valence-electron chi connectivity index (χ3n) is 2.49. The van der Waals surface area contributed by atoms with Crippen LogP contribution in [0.3, 0.4) is 0 Å². The lowest BCUT2D eigenvalue weighted by Gasteiger charge is -2.11. The number of aliphatic hydroxyl groups is 1. The molecule has 0 unspecified atom stereocenters. The highest BCUT2D eigenvalue weighted by atomic mass is 16.5. The fraction of sp³-hybridized carbons (Fsp3) is 0.417. The fourth-order valence-corrected chi connectivity index (χ4v) is 1.66. The smallest absolute Gasteiger partial charge is 0.234 e. The van der Waals surface area contributed by atoms with E-state index in [0.717, 1.165) is 18.5 Å². The molecule has 1 heterocycles. The van der Waals surface area contributed by atoms with E-state index in [1.165, 1.54) is 5.56 Å². The van der Waals surface area contributed by atoms with Crippen molar-refractivity contribution in [1.29, 1.82) is 0 Å². The summed E-state index contributed by atoms with van der Waals surface area (Å²) in [6.07, 6.45) is 2.25. The summed E-state index contributed by atoms with van der Waals surface area (Å²) in [5.41, 5.74) is 2.32. The molecule has 0 aliphatic carbocycles. The van der Waals surface area contributed by atoms with Crippen LogP contribution in [-0.2, 0) is 11.2 Å². The topological polar surface area (TPSA) is 45.1 Å². The fourth-order valence-electron chi connectivity index (χ4n) is 1.66. The minimum atomic E-state index is -0.148. The minimum Gasteiger partial charge on any atom is -0.455 e. The van der Waals surface area contributed by atoms with Gasteiger partial charge in [0, 0.05) is 0 Å². The van der Waals surface area contributed by atoms with Crippen molar-refractivity contribution >= 4 is 11.6 Å². The molecule has 0 bridgehead atoms. The van der Waals surface area contributed by atoms with E-state index in [-0.39, 0.29) is 6.61 Å². The number of benzene rings is 1. The SMILES string of the molecule is CCCc1ccc(N2COC(CO)=N2)cc1. The van der Waals surface area contributed by atoms with Gasteiger partial charge < -0.3 is 9.84 Å². The molecule has 0 saturated heterocycles. The second-order valence-electron chi connectivity index (χ2n) is 3.74. The number of rotatable bonds is 4. The molecule has 0 fully saturated rings. The van der Waals surface area contributed by atoms with E-state index >= 15 is 0 Å². The number of hydrogen-bond donors (Lipinski definition) is 1. The molecule has 0 aromatic heterocycles. The monoisotopic (exact) mass is 220 g/mol. The molecular formula is C12H16N2O2. The molecule has 1 N–H and O–H groups in total. The Hall–Kier alpha value is -1.55. The largest absolute Gasteiger partial charge is 0.455 e. The Morgan fingerprint density at radius 1 is 1.38 bits per heavy atom. The Kier molecular flexibility index (Phi) is 3.41. The summed E-state index contributed by atoms with van der Waals surface area (Å²) in [5, 5.41) is 14.7. The van der Waals surface area contributed by atoms with Crippen LogP contribution in [0, 0.1) is 0 Å².